The van der Waals surface area contributed by atoms with E-state index in [0.717, 1.165) is 19.3 Å². The highest BCUT2D eigenvalue weighted by Gasteiger charge is 2.98. The molecule has 0 heterocycles. The minimum Gasteiger partial charge on any atom is -0.200 e. The molecule has 45 heavy (non-hydrogen) atoms. The predicted octanol–water partition coefficient (Wildman–Crippen LogP) is 11.8. The topological polar surface area (TPSA) is 0 Å². The molecule has 0 saturated carbocycles. The lowest BCUT2D eigenvalue weighted by Crippen LogP contribution is -2.77. The van der Waals surface area contributed by atoms with Gasteiger partial charge in [0.1, 0.15) is 0 Å². The van der Waals surface area contributed by atoms with Crippen LogP contribution in [0.15, 0.2) is 0 Å². The van der Waals surface area contributed by atoms with Gasteiger partial charge in [0.05, 0.1) is 0 Å². The summed E-state index contributed by atoms with van der Waals surface area (Å²) in [5, 5.41) is 0. The van der Waals surface area contributed by atoms with Gasteiger partial charge in [-0.05, 0) is 6.42 Å². The molecular formula is C22H23F23. The van der Waals surface area contributed by atoms with Crippen LogP contribution in [-0.2, 0) is 0 Å². The summed E-state index contributed by atoms with van der Waals surface area (Å²) in [4.78, 5) is 0. The highest BCUT2D eigenvalue weighted by molar-refractivity contribution is 5.18. The molecule has 0 aromatic heterocycles. The Morgan fingerprint density at radius 1 is 0.267 bits per heavy atom. The van der Waals surface area contributed by atoms with Crippen LogP contribution in [0.2, 0.25) is 0 Å². The van der Waals surface area contributed by atoms with E-state index in [-0.39, 0.29) is 12.8 Å². The molecule has 0 aromatic rings. The van der Waals surface area contributed by atoms with Gasteiger partial charge in [-0.25, -0.2) is 0 Å². The lowest BCUT2D eigenvalue weighted by molar-refractivity contribution is -0.478. The van der Waals surface area contributed by atoms with Gasteiger partial charge in [-0.1, -0.05) is 58.3 Å². The smallest absolute Gasteiger partial charge is 0.200 e. The molecule has 0 aliphatic rings. The van der Waals surface area contributed by atoms with E-state index in [1.165, 1.54) is 0 Å². The standard InChI is InChI=1S/C22H23F23/c1-2-3-4-5-6-7-8-9-10-11-12(23,24)13(25,26)14(27,28)15(29,30)16(31,32)17(33,34)18(35,36)19(37,38)20(39,40)21(41,42)22(43,44)45/h2-11H2,1H3. The largest absolute Gasteiger partial charge is 0.460 e. The molecule has 0 nitrogen and oxygen atoms in total. The Morgan fingerprint density at radius 2 is 0.489 bits per heavy atom. The van der Waals surface area contributed by atoms with Gasteiger partial charge in [0.15, 0.2) is 0 Å². The average molecular weight is 724 g/mol. The molecule has 0 amide bonds. The van der Waals surface area contributed by atoms with Crippen molar-refractivity contribution in [1.82, 2.24) is 0 Å². The average Bonchev–Trinajstić information content (AvgIpc) is 2.85. The monoisotopic (exact) mass is 724 g/mol. The summed E-state index contributed by atoms with van der Waals surface area (Å²) in [6, 6.07) is 0. The number of unbranched alkanes of at least 4 members (excludes halogenated alkanes) is 8. The van der Waals surface area contributed by atoms with Crippen LogP contribution in [0.4, 0.5) is 101 Å². The first-order valence-corrected chi connectivity index (χ1v) is 12.4. The zero-order valence-corrected chi connectivity index (χ0v) is 22.3. The van der Waals surface area contributed by atoms with Crippen molar-refractivity contribution in [2.75, 3.05) is 0 Å². The predicted molar refractivity (Wildman–Crippen MR) is 107 cm³/mol. The normalized spacial score (nSPS) is 16.0. The van der Waals surface area contributed by atoms with Crippen molar-refractivity contribution in [3.8, 4) is 0 Å². The Bertz CT molecular complexity index is 945. The molecule has 0 saturated heterocycles. The summed E-state index contributed by atoms with van der Waals surface area (Å²) < 4.78 is 309. The zero-order chi connectivity index (χ0) is 36.6. The zero-order valence-electron chi connectivity index (χ0n) is 22.3. The number of halogens is 23. The van der Waals surface area contributed by atoms with Crippen LogP contribution < -0.4 is 0 Å². The second-order valence-electron chi connectivity index (χ2n) is 9.95. The van der Waals surface area contributed by atoms with E-state index < -0.39 is 84.7 Å². The van der Waals surface area contributed by atoms with Gasteiger partial charge in [0.2, 0.25) is 0 Å². The van der Waals surface area contributed by atoms with Crippen LogP contribution in [0, 0.1) is 0 Å². The number of alkyl halides is 23. The van der Waals surface area contributed by atoms with Crippen molar-refractivity contribution in [1.29, 1.82) is 0 Å². The molecule has 0 N–H and O–H groups in total. The number of rotatable bonds is 19. The Labute approximate surface area is 238 Å². The third kappa shape index (κ3) is 6.86. The van der Waals surface area contributed by atoms with Gasteiger partial charge >= 0.3 is 65.4 Å². The lowest BCUT2D eigenvalue weighted by atomic mass is 9.84. The lowest BCUT2D eigenvalue weighted by Gasteiger charge is -2.45. The summed E-state index contributed by atoms with van der Waals surface area (Å²) >= 11 is 0. The van der Waals surface area contributed by atoms with Crippen molar-refractivity contribution >= 4 is 0 Å². The molecule has 0 radical (unpaired) electrons. The van der Waals surface area contributed by atoms with Gasteiger partial charge in [-0.2, -0.15) is 101 Å². The van der Waals surface area contributed by atoms with Crippen molar-refractivity contribution in [2.45, 2.75) is 137 Å². The maximum atomic E-state index is 13.9. The third-order valence-electron chi connectivity index (χ3n) is 6.56. The van der Waals surface area contributed by atoms with Gasteiger partial charge < -0.3 is 0 Å². The molecule has 0 unspecified atom stereocenters. The minimum absolute atomic E-state index is 0.0636. The van der Waals surface area contributed by atoms with E-state index in [1.807, 2.05) is 6.92 Å². The maximum absolute atomic E-state index is 13.9. The molecule has 0 aliphatic heterocycles. The van der Waals surface area contributed by atoms with Crippen molar-refractivity contribution in [3.05, 3.63) is 0 Å². The van der Waals surface area contributed by atoms with E-state index in [0.29, 0.717) is 12.8 Å². The van der Waals surface area contributed by atoms with Crippen LogP contribution in [0.25, 0.3) is 0 Å². The summed E-state index contributed by atoms with van der Waals surface area (Å²) in [6.45, 7) is 1.85. The molecule has 0 bridgehead atoms. The SMILES string of the molecule is CCCCCCCCCCCC(F)(F)C(F)(F)C(F)(F)C(F)(F)C(F)(F)C(F)(F)C(F)(F)C(F)(F)C(F)(F)C(F)(F)C(F)(F)F. The highest BCUT2D eigenvalue weighted by atomic mass is 19.4. The van der Waals surface area contributed by atoms with E-state index in [1.54, 1.807) is 0 Å². The molecule has 272 valence electrons. The third-order valence-corrected chi connectivity index (χ3v) is 6.56. The van der Waals surface area contributed by atoms with E-state index in [4.69, 9.17) is 0 Å². The fourth-order valence-corrected chi connectivity index (χ4v) is 3.60. The van der Waals surface area contributed by atoms with Gasteiger partial charge in [0, 0.05) is 6.42 Å². The van der Waals surface area contributed by atoms with E-state index in [2.05, 4.69) is 0 Å². The van der Waals surface area contributed by atoms with Crippen molar-refractivity contribution < 1.29 is 101 Å². The van der Waals surface area contributed by atoms with Gasteiger partial charge in [-0.15, -0.1) is 0 Å². The molecule has 0 fully saturated rings. The van der Waals surface area contributed by atoms with Crippen LogP contribution in [0.3, 0.4) is 0 Å². The molecule has 0 aliphatic carbocycles. The Kier molecular flexibility index (Phi) is 12.7. The second kappa shape index (κ2) is 13.1. The first-order chi connectivity index (χ1) is 19.6. The highest BCUT2D eigenvalue weighted by Crippen LogP contribution is 2.67. The summed E-state index contributed by atoms with van der Waals surface area (Å²) in [6.07, 6.45) is -8.79. The fourth-order valence-electron chi connectivity index (χ4n) is 3.60. The van der Waals surface area contributed by atoms with Crippen LogP contribution in [0.5, 0.6) is 0 Å². The molecule has 0 aromatic carbocycles. The van der Waals surface area contributed by atoms with Crippen LogP contribution in [0.1, 0.15) is 71.1 Å². The van der Waals surface area contributed by atoms with Gasteiger partial charge in [-0.3, -0.25) is 0 Å². The molecule has 23 heteroatoms. The van der Waals surface area contributed by atoms with E-state index in [9.17, 15) is 101 Å². The summed E-state index contributed by atoms with van der Waals surface area (Å²) in [5.74, 6) is -86.8. The summed E-state index contributed by atoms with van der Waals surface area (Å²) in [5.41, 5.74) is 0. The maximum Gasteiger partial charge on any atom is 0.460 e. The molecule has 0 rings (SSSR count). The van der Waals surface area contributed by atoms with Crippen LogP contribution >= 0.6 is 0 Å². The van der Waals surface area contributed by atoms with Crippen molar-refractivity contribution in [2.24, 2.45) is 0 Å². The van der Waals surface area contributed by atoms with Gasteiger partial charge in [0.25, 0.3) is 0 Å². The molecule has 0 spiro atoms. The Morgan fingerprint density at radius 3 is 0.756 bits per heavy atom. The first-order valence-electron chi connectivity index (χ1n) is 12.4. The quantitative estimate of drug-likeness (QED) is 0.0919. The molecule has 0 atom stereocenters. The van der Waals surface area contributed by atoms with Crippen LogP contribution in [-0.4, -0.2) is 65.4 Å². The van der Waals surface area contributed by atoms with Crippen molar-refractivity contribution in [3.63, 3.8) is 0 Å². The summed E-state index contributed by atoms with van der Waals surface area (Å²) in [7, 11) is 0. The Hall–Kier alpha value is -1.61. The fraction of sp³-hybridized carbons (Fsp3) is 1.00. The number of hydrogen-bond donors (Lipinski definition) is 0. The first kappa shape index (κ1) is 43.4. The number of hydrogen-bond acceptors (Lipinski definition) is 0. The Balaban J connectivity index is 6.42. The molecular weight excluding hydrogens is 701 g/mol. The second-order valence-corrected chi connectivity index (χ2v) is 9.95. The van der Waals surface area contributed by atoms with E-state index >= 15 is 0 Å². The minimum atomic E-state index is -9.36.